The van der Waals surface area contributed by atoms with Crippen LogP contribution < -0.4 is 0 Å². The van der Waals surface area contributed by atoms with Crippen LogP contribution in [0.3, 0.4) is 0 Å². The number of hydrogen-bond acceptors (Lipinski definition) is 1. The zero-order valence-corrected chi connectivity index (χ0v) is 24.7. The van der Waals surface area contributed by atoms with Crippen LogP contribution in [0.4, 0.5) is 0 Å². The van der Waals surface area contributed by atoms with E-state index in [0.717, 1.165) is 49.0 Å². The van der Waals surface area contributed by atoms with Gasteiger partial charge in [-0.05, 0) is 107 Å². The molecule has 218 valence electrons. The van der Waals surface area contributed by atoms with E-state index in [1.54, 1.807) is 0 Å². The summed E-state index contributed by atoms with van der Waals surface area (Å²) in [6.45, 7) is 0. The molecule has 0 N–H and O–H groups in total. The van der Waals surface area contributed by atoms with Gasteiger partial charge in [-0.15, -0.1) is 0 Å². The highest BCUT2D eigenvalue weighted by Gasteiger charge is 2.20. The Kier molecular flexibility index (Phi) is 3.79. The first-order valence-corrected chi connectivity index (χ1v) is 15.3. The summed E-state index contributed by atoms with van der Waals surface area (Å²) in [6.07, 6.45) is 0. The summed E-state index contributed by atoms with van der Waals surface area (Å²) in [6, 6.07) is 27.4. The minimum Gasteiger partial charge on any atom is -0.456 e. The van der Waals surface area contributed by atoms with Gasteiger partial charge in [-0.25, -0.2) is 0 Å². The van der Waals surface area contributed by atoms with Gasteiger partial charge in [0.2, 0.25) is 0 Å². The van der Waals surface area contributed by atoms with Crippen molar-refractivity contribution in [3.8, 4) is 33.4 Å². The molecular weight excluding hydrogens is 569 g/mol. The van der Waals surface area contributed by atoms with Crippen molar-refractivity contribution in [1.82, 2.24) is 0 Å². The van der Waals surface area contributed by atoms with E-state index in [1.807, 2.05) is 84.9 Å². The molecule has 0 atom stereocenters. The van der Waals surface area contributed by atoms with Crippen LogP contribution in [0.25, 0.3) is 98.4 Å². The molecule has 1 heteroatoms. The number of hydrogen-bond donors (Lipinski definition) is 0. The van der Waals surface area contributed by atoms with Crippen LogP contribution >= 0.6 is 0 Å². The van der Waals surface area contributed by atoms with E-state index in [4.69, 9.17) is 15.4 Å². The van der Waals surface area contributed by atoms with Crippen LogP contribution in [0, 0.1) is 0 Å². The Morgan fingerprint density at radius 1 is 0.404 bits per heavy atom. The molecule has 10 aromatic rings. The fourth-order valence-corrected chi connectivity index (χ4v) is 6.91. The minimum atomic E-state index is -0.625. The molecule has 0 radical (unpaired) electrons. The van der Waals surface area contributed by atoms with Gasteiger partial charge < -0.3 is 4.42 Å². The topological polar surface area (TPSA) is 13.1 Å². The minimum absolute atomic E-state index is 0.00576. The van der Waals surface area contributed by atoms with E-state index < -0.39 is 66.5 Å². The molecule has 0 aliphatic heterocycles. The molecule has 1 heterocycles. The normalized spacial score (nSPS) is 15.1. The summed E-state index contributed by atoms with van der Waals surface area (Å²) in [7, 11) is 0. The molecule has 1 nitrogen and oxygen atoms in total. The molecule has 9 aromatic carbocycles. The average Bonchev–Trinajstić information content (AvgIpc) is 3.60. The molecule has 0 unspecified atom stereocenters. The molecule has 0 aliphatic carbocycles. The fraction of sp³-hybridized carbons (Fsp3) is 0. The molecule has 1 aromatic heterocycles. The first-order chi connectivity index (χ1) is 27.9. The third-order valence-corrected chi connectivity index (χ3v) is 8.94. The Morgan fingerprint density at radius 3 is 1.81 bits per heavy atom. The lowest BCUT2D eigenvalue weighted by molar-refractivity contribution is 0.669. The summed E-state index contributed by atoms with van der Waals surface area (Å²) in [5, 5.41) is 6.26. The highest BCUT2D eigenvalue weighted by atomic mass is 16.3. The van der Waals surface area contributed by atoms with Gasteiger partial charge >= 0.3 is 0 Å². The first kappa shape index (κ1) is 17.5. The molecule has 0 saturated heterocycles. The van der Waals surface area contributed by atoms with Gasteiger partial charge in [0.1, 0.15) is 11.2 Å². The van der Waals surface area contributed by atoms with Crippen molar-refractivity contribution >= 4 is 65.0 Å². The molecule has 10 rings (SSSR count). The van der Waals surface area contributed by atoms with Crippen LogP contribution in [0.15, 0.2) is 174 Å². The first-order valence-electron chi connectivity index (χ1n) is 20.8. The highest BCUT2D eigenvalue weighted by molar-refractivity contribution is 6.26. The summed E-state index contributed by atoms with van der Waals surface area (Å²) >= 11 is 0. The van der Waals surface area contributed by atoms with Crippen molar-refractivity contribution in [2.24, 2.45) is 0 Å². The molecule has 0 bridgehead atoms. The summed E-state index contributed by atoms with van der Waals surface area (Å²) in [5.74, 6) is 0. The Hall–Kier alpha value is -6.18. The lowest BCUT2D eigenvalue weighted by Gasteiger charge is -2.18. The van der Waals surface area contributed by atoms with Crippen LogP contribution in [0.1, 0.15) is 15.1 Å². The highest BCUT2D eigenvalue weighted by Crippen LogP contribution is 2.47. The van der Waals surface area contributed by atoms with Crippen molar-refractivity contribution in [2.45, 2.75) is 0 Å². The predicted octanol–water partition coefficient (Wildman–Crippen LogP) is 13.2. The zero-order valence-electron chi connectivity index (χ0n) is 35.7. The van der Waals surface area contributed by atoms with Gasteiger partial charge in [0.05, 0.1) is 15.1 Å². The Bertz CT molecular complexity index is 3420. The Morgan fingerprint density at radius 2 is 1.04 bits per heavy atom. The van der Waals surface area contributed by atoms with Crippen molar-refractivity contribution in [3.63, 3.8) is 0 Å². The SMILES string of the molecule is [2H]c1c([2H])c(-c2c([2H])c([2H])c3c([2H])c([2H])c([2H])c([2H])c3c2[2H])c([2H])c(-c2c3ccccc3c(-c3cccc4oc5cc6ccccc6cc5c34)c3ccccc23)c1[2H]. The zero-order chi connectivity index (χ0) is 40.5. The quantitative estimate of drug-likeness (QED) is 0.182. The third-order valence-electron chi connectivity index (χ3n) is 8.94. The van der Waals surface area contributed by atoms with Crippen LogP contribution in [-0.2, 0) is 0 Å². The van der Waals surface area contributed by atoms with E-state index in [0.29, 0.717) is 21.9 Å². The number of rotatable bonds is 3. The lowest BCUT2D eigenvalue weighted by Crippen LogP contribution is -1.91. The summed E-state index contributed by atoms with van der Waals surface area (Å²) in [4.78, 5) is 0. The number of furan rings is 1. The molecule has 0 amide bonds. The number of benzene rings is 9. The van der Waals surface area contributed by atoms with Crippen LogP contribution in [-0.4, -0.2) is 0 Å². The average molecular weight is 608 g/mol. The van der Waals surface area contributed by atoms with Crippen molar-refractivity contribution in [1.29, 1.82) is 0 Å². The van der Waals surface area contributed by atoms with E-state index in [2.05, 4.69) is 18.2 Å². The van der Waals surface area contributed by atoms with Gasteiger partial charge in [0.15, 0.2) is 0 Å². The Labute approximate surface area is 287 Å². The third kappa shape index (κ3) is 4.03. The van der Waals surface area contributed by atoms with Gasteiger partial charge in [0.25, 0.3) is 0 Å². The van der Waals surface area contributed by atoms with E-state index in [1.165, 1.54) is 0 Å². The summed E-state index contributed by atoms with van der Waals surface area (Å²) < 4.78 is 104. The smallest absolute Gasteiger partial charge is 0.136 e. The maximum Gasteiger partial charge on any atom is 0.136 e. The second kappa shape index (κ2) is 10.2. The van der Waals surface area contributed by atoms with Crippen LogP contribution in [0.5, 0.6) is 0 Å². The van der Waals surface area contributed by atoms with Crippen LogP contribution in [0.2, 0.25) is 0 Å². The monoisotopic (exact) mass is 607 g/mol. The van der Waals surface area contributed by atoms with Gasteiger partial charge in [0, 0.05) is 10.8 Å². The van der Waals surface area contributed by atoms with E-state index >= 15 is 0 Å². The van der Waals surface area contributed by atoms with Gasteiger partial charge in [-0.1, -0.05) is 139 Å². The van der Waals surface area contributed by atoms with Gasteiger partial charge in [-0.2, -0.15) is 0 Å². The van der Waals surface area contributed by atoms with Crippen molar-refractivity contribution < 1.29 is 19.5 Å². The Balaban J connectivity index is 1.33. The van der Waals surface area contributed by atoms with Crippen molar-refractivity contribution in [2.75, 3.05) is 0 Å². The summed E-state index contributed by atoms with van der Waals surface area (Å²) in [5.41, 5.74) is 2.97. The molecule has 0 aliphatic rings. The molecule has 0 saturated carbocycles. The van der Waals surface area contributed by atoms with E-state index in [-0.39, 0.29) is 27.5 Å². The maximum absolute atomic E-state index is 9.74. The molecule has 47 heavy (non-hydrogen) atoms. The standard InChI is InChI=1S/C46H28O/c1-2-12-30-25-34(24-23-29(30)11-1)31-15-9-16-35(26-31)44-36-17-5-7-19-38(36)45(39-20-8-6-18-37(39)44)40-21-10-22-42-46(40)41-27-32-13-3-4-14-33(32)28-43(41)47-42/h1-28H/i1D,2D,9D,11D,12D,15D,16D,23D,24D,25D,26D. The molecule has 0 fully saturated rings. The molecular formula is C46H28O. The fourth-order valence-electron chi connectivity index (χ4n) is 6.91. The van der Waals surface area contributed by atoms with Gasteiger partial charge in [-0.3, -0.25) is 0 Å². The van der Waals surface area contributed by atoms with E-state index in [9.17, 15) is 4.11 Å². The largest absolute Gasteiger partial charge is 0.456 e. The predicted molar refractivity (Wildman–Crippen MR) is 200 cm³/mol. The number of fused-ring (bicyclic) bond motifs is 7. The lowest BCUT2D eigenvalue weighted by atomic mass is 9.84. The second-order valence-corrected chi connectivity index (χ2v) is 11.6. The van der Waals surface area contributed by atoms with Crippen molar-refractivity contribution in [3.05, 3.63) is 170 Å². The molecule has 0 spiro atoms. The maximum atomic E-state index is 9.74. The second-order valence-electron chi connectivity index (χ2n) is 11.6.